The number of nitrogens with one attached hydrogen (secondary N) is 1. The summed E-state index contributed by atoms with van der Waals surface area (Å²) >= 11 is 1.68. The van der Waals surface area contributed by atoms with Crippen molar-refractivity contribution in [2.24, 2.45) is 0 Å². The molecule has 0 spiro atoms. The quantitative estimate of drug-likeness (QED) is 0.936. The fourth-order valence-electron chi connectivity index (χ4n) is 2.45. The average molecular weight is 277 g/mol. The topological polar surface area (TPSA) is 41.3 Å². The van der Waals surface area contributed by atoms with E-state index in [0.717, 1.165) is 36.0 Å². The highest BCUT2D eigenvalue weighted by atomic mass is 32.1. The normalized spacial score (nSPS) is 24.7. The van der Waals surface area contributed by atoms with Crippen molar-refractivity contribution in [2.45, 2.75) is 32.5 Å². The van der Waals surface area contributed by atoms with E-state index in [1.165, 1.54) is 0 Å². The van der Waals surface area contributed by atoms with Gasteiger partial charge in [0.15, 0.2) is 5.76 Å². The van der Waals surface area contributed by atoms with Gasteiger partial charge in [-0.15, -0.1) is 11.3 Å². The minimum atomic E-state index is 0.540. The van der Waals surface area contributed by atoms with Gasteiger partial charge in [0, 0.05) is 37.8 Å². The summed E-state index contributed by atoms with van der Waals surface area (Å²) in [6, 6.07) is 7.23. The molecule has 0 bridgehead atoms. The van der Waals surface area contributed by atoms with Crippen LogP contribution in [-0.2, 0) is 6.54 Å². The third-order valence-corrected chi connectivity index (χ3v) is 4.47. The zero-order chi connectivity index (χ0) is 13.2. The first kappa shape index (κ1) is 12.8. The van der Waals surface area contributed by atoms with E-state index < -0.39 is 0 Å². The van der Waals surface area contributed by atoms with Gasteiger partial charge in [-0.3, -0.25) is 4.90 Å². The van der Waals surface area contributed by atoms with E-state index in [-0.39, 0.29) is 0 Å². The van der Waals surface area contributed by atoms with E-state index in [9.17, 15) is 0 Å². The maximum Gasteiger partial charge on any atom is 0.177 e. The molecule has 0 aromatic carbocycles. The zero-order valence-electron chi connectivity index (χ0n) is 11.3. The second kappa shape index (κ2) is 5.45. The minimum Gasteiger partial charge on any atom is -0.355 e. The van der Waals surface area contributed by atoms with Crippen molar-refractivity contribution in [3.63, 3.8) is 0 Å². The van der Waals surface area contributed by atoms with Gasteiger partial charge in [0.25, 0.3) is 0 Å². The Bertz CT molecular complexity index is 523. The van der Waals surface area contributed by atoms with Crippen LogP contribution in [-0.4, -0.2) is 35.2 Å². The highest BCUT2D eigenvalue weighted by Crippen LogP contribution is 2.25. The Morgan fingerprint density at radius 3 is 3.21 bits per heavy atom. The van der Waals surface area contributed by atoms with Crippen molar-refractivity contribution < 1.29 is 4.52 Å². The van der Waals surface area contributed by atoms with E-state index in [2.05, 4.69) is 46.7 Å². The van der Waals surface area contributed by atoms with Crippen LogP contribution < -0.4 is 5.32 Å². The molecular weight excluding hydrogens is 258 g/mol. The Morgan fingerprint density at radius 2 is 2.42 bits per heavy atom. The zero-order valence-corrected chi connectivity index (χ0v) is 12.1. The highest BCUT2D eigenvalue weighted by Gasteiger charge is 2.23. The van der Waals surface area contributed by atoms with Crippen LogP contribution in [0.5, 0.6) is 0 Å². The monoisotopic (exact) mass is 277 g/mol. The van der Waals surface area contributed by atoms with Crippen molar-refractivity contribution in [3.8, 4) is 10.6 Å². The van der Waals surface area contributed by atoms with Crippen LogP contribution in [0.25, 0.3) is 10.6 Å². The smallest absolute Gasteiger partial charge is 0.177 e. The van der Waals surface area contributed by atoms with Crippen LogP contribution >= 0.6 is 11.3 Å². The maximum atomic E-state index is 5.43. The molecule has 2 aromatic rings. The van der Waals surface area contributed by atoms with Gasteiger partial charge in [-0.1, -0.05) is 11.2 Å². The van der Waals surface area contributed by atoms with Gasteiger partial charge in [0.05, 0.1) is 10.6 Å². The number of aromatic nitrogens is 1. The number of hydrogen-bond donors (Lipinski definition) is 1. The van der Waals surface area contributed by atoms with Gasteiger partial charge in [-0.05, 0) is 25.3 Å². The third-order valence-electron chi connectivity index (χ3n) is 3.58. The van der Waals surface area contributed by atoms with E-state index in [4.69, 9.17) is 4.52 Å². The molecule has 1 fully saturated rings. The molecule has 0 radical (unpaired) electrons. The van der Waals surface area contributed by atoms with E-state index in [0.29, 0.717) is 12.1 Å². The summed E-state index contributed by atoms with van der Waals surface area (Å²) in [5, 5.41) is 9.74. The largest absolute Gasteiger partial charge is 0.355 e. The van der Waals surface area contributed by atoms with Crippen LogP contribution in [0.4, 0.5) is 0 Å². The lowest BCUT2D eigenvalue weighted by Crippen LogP contribution is -2.53. The first-order valence-electron chi connectivity index (χ1n) is 6.69. The molecule has 2 atom stereocenters. The Balaban J connectivity index is 1.70. The van der Waals surface area contributed by atoms with E-state index >= 15 is 0 Å². The molecule has 4 nitrogen and oxygen atoms in total. The summed E-state index contributed by atoms with van der Waals surface area (Å²) in [5.41, 5.74) is 1.02. The van der Waals surface area contributed by atoms with Crippen LogP contribution in [0.3, 0.4) is 0 Å². The molecule has 3 rings (SSSR count). The molecule has 102 valence electrons. The summed E-state index contributed by atoms with van der Waals surface area (Å²) in [6.45, 7) is 7.43. The van der Waals surface area contributed by atoms with Gasteiger partial charge in [0.2, 0.25) is 0 Å². The Kier molecular flexibility index (Phi) is 3.68. The van der Waals surface area contributed by atoms with Gasteiger partial charge in [0.1, 0.15) is 0 Å². The summed E-state index contributed by atoms with van der Waals surface area (Å²) < 4.78 is 5.43. The molecule has 0 aliphatic carbocycles. The predicted molar refractivity (Wildman–Crippen MR) is 77.2 cm³/mol. The second-order valence-electron chi connectivity index (χ2n) is 5.25. The van der Waals surface area contributed by atoms with Crippen molar-refractivity contribution in [1.29, 1.82) is 0 Å². The summed E-state index contributed by atoms with van der Waals surface area (Å²) in [4.78, 5) is 3.59. The second-order valence-corrected chi connectivity index (χ2v) is 6.20. The summed E-state index contributed by atoms with van der Waals surface area (Å²) in [6.07, 6.45) is 0. The first-order valence-corrected chi connectivity index (χ1v) is 7.57. The molecule has 0 amide bonds. The van der Waals surface area contributed by atoms with Gasteiger partial charge in [-0.25, -0.2) is 0 Å². The number of rotatable bonds is 3. The lowest BCUT2D eigenvalue weighted by molar-refractivity contribution is 0.135. The van der Waals surface area contributed by atoms with E-state index in [1.54, 1.807) is 11.3 Å². The molecular formula is C14H19N3OS. The Labute approximate surface area is 117 Å². The fourth-order valence-corrected chi connectivity index (χ4v) is 3.12. The standard InChI is InChI=1S/C14H19N3OS/c1-10-8-17(11(2)7-15-10)9-12-6-13(18-16-12)14-4-3-5-19-14/h3-6,10-11,15H,7-9H2,1-2H3. The number of nitrogens with zero attached hydrogens (tertiary/aromatic N) is 2. The lowest BCUT2D eigenvalue weighted by Gasteiger charge is -2.36. The number of hydrogen-bond acceptors (Lipinski definition) is 5. The molecule has 2 unspecified atom stereocenters. The molecule has 1 aliphatic rings. The van der Waals surface area contributed by atoms with Crippen LogP contribution in [0.2, 0.25) is 0 Å². The summed E-state index contributed by atoms with van der Waals surface area (Å²) in [5.74, 6) is 0.876. The van der Waals surface area contributed by atoms with Crippen LogP contribution in [0, 0.1) is 0 Å². The SMILES string of the molecule is CC1CN(Cc2cc(-c3cccs3)on2)C(C)CN1. The highest BCUT2D eigenvalue weighted by molar-refractivity contribution is 7.13. The van der Waals surface area contributed by atoms with Crippen LogP contribution in [0.1, 0.15) is 19.5 Å². The van der Waals surface area contributed by atoms with Crippen LogP contribution in [0.15, 0.2) is 28.1 Å². The van der Waals surface area contributed by atoms with E-state index in [1.807, 2.05) is 6.07 Å². The molecule has 0 saturated carbocycles. The number of piperazine rings is 1. The van der Waals surface area contributed by atoms with Crippen molar-refractivity contribution in [3.05, 3.63) is 29.3 Å². The average Bonchev–Trinajstić information content (AvgIpc) is 3.04. The molecule has 5 heteroatoms. The first-order chi connectivity index (χ1) is 9.22. The minimum absolute atomic E-state index is 0.540. The molecule has 1 saturated heterocycles. The molecule has 19 heavy (non-hydrogen) atoms. The van der Waals surface area contributed by atoms with Crippen molar-refractivity contribution in [2.75, 3.05) is 13.1 Å². The molecule has 2 aromatic heterocycles. The maximum absolute atomic E-state index is 5.43. The van der Waals surface area contributed by atoms with Crippen molar-refractivity contribution in [1.82, 2.24) is 15.4 Å². The molecule has 3 heterocycles. The predicted octanol–water partition coefficient (Wildman–Crippen LogP) is 2.59. The number of thiophene rings is 1. The Morgan fingerprint density at radius 1 is 1.53 bits per heavy atom. The summed E-state index contributed by atoms with van der Waals surface area (Å²) in [7, 11) is 0. The van der Waals surface area contributed by atoms with Gasteiger partial charge < -0.3 is 9.84 Å². The Hall–Kier alpha value is -1.17. The van der Waals surface area contributed by atoms with Gasteiger partial charge in [-0.2, -0.15) is 0 Å². The molecule has 1 N–H and O–H groups in total. The molecule has 1 aliphatic heterocycles. The fraction of sp³-hybridized carbons (Fsp3) is 0.500. The van der Waals surface area contributed by atoms with Crippen molar-refractivity contribution >= 4 is 11.3 Å². The third kappa shape index (κ3) is 2.88. The lowest BCUT2D eigenvalue weighted by atomic mass is 10.1. The van der Waals surface area contributed by atoms with Gasteiger partial charge >= 0.3 is 0 Å².